The number of carbonyl (C=O) groups excluding carboxylic acids is 9. The predicted octanol–water partition coefficient (Wildman–Crippen LogP) is 11.2. The highest BCUT2D eigenvalue weighted by molar-refractivity contribution is 6.07. The van der Waals surface area contributed by atoms with Gasteiger partial charge in [-0.3, -0.25) is 43.4 Å². The molecule has 25 heteroatoms. The molecule has 6 heterocycles. The average molecular weight is 1510 g/mol. The zero-order valence-electron chi connectivity index (χ0n) is 64.3. The number of unbranched alkanes of at least 4 members (excludes halogenated alkanes) is 2. The van der Waals surface area contributed by atoms with E-state index in [1.165, 1.54) is 7.11 Å². The summed E-state index contributed by atoms with van der Waals surface area (Å²) in [5, 5.41) is 19.7. The highest BCUT2D eigenvalue weighted by Crippen LogP contribution is 2.57. The Labute approximate surface area is 646 Å². The molecule has 7 aliphatic rings. The lowest BCUT2D eigenvalue weighted by molar-refractivity contribution is -0.133. The van der Waals surface area contributed by atoms with Crippen LogP contribution in [0.5, 0.6) is 28.7 Å². The lowest BCUT2D eigenvalue weighted by Gasteiger charge is -2.31. The van der Waals surface area contributed by atoms with Crippen LogP contribution in [0.4, 0.5) is 16.2 Å². The molecular formula is C86H99N9O16. The number of Topliss-reactive ketones (excluding diaryl/α,β-unsaturated/α-hetero) is 3. The number of nitrogens with zero attached hydrogens (tertiary/aromatic N) is 5. The first-order chi connectivity index (χ1) is 53.5. The molecule has 1 saturated heterocycles. The van der Waals surface area contributed by atoms with Crippen molar-refractivity contribution in [2.24, 2.45) is 17.3 Å². The van der Waals surface area contributed by atoms with Gasteiger partial charge in [0.15, 0.2) is 40.8 Å². The quantitative estimate of drug-likeness (QED) is 0.0253. The number of carbonyl (C=O) groups is 9. The van der Waals surface area contributed by atoms with E-state index in [1.54, 1.807) is 87.3 Å². The molecule has 5 N–H and O–H groups in total. The summed E-state index contributed by atoms with van der Waals surface area (Å²) in [7, 11) is 4.67. The topological polar surface area (TPSA) is 294 Å². The molecular weight excluding hydrogens is 1410 g/mol. The van der Waals surface area contributed by atoms with Crippen molar-refractivity contribution in [1.29, 1.82) is 0 Å². The molecule has 584 valence electrons. The molecule has 0 bridgehead atoms. The fraction of sp³-hybridized carbons (Fsp3) is 0.430. The maximum atomic E-state index is 14.5. The van der Waals surface area contributed by atoms with Crippen molar-refractivity contribution in [3.8, 4) is 28.7 Å². The van der Waals surface area contributed by atoms with Gasteiger partial charge in [0.25, 0.3) is 11.8 Å². The standard InChI is InChI=1S/C86H99N9O16/c1-51(2)66(41-62(97)46-87-77(99)32-28-61(96)29-33-78(100)92-47-58-16-10-11-17-64(58)80-79(89-90-95(80)52(3)4)65-18-12-13-19-69(65)92)81(101)88-53(5)72(98)38-54-20-22-55(23-21-54)49-111-85(105)94-70-44-76(74(108-8)43-68(70)83(103)93-50-86(34-35-86)45-71(93)84(94)104)110-37-15-9-14-36-109-75-40-57-24-27-60-39-59(56-25-30-63(106-6)31-26-56)48-91(60)82(102)67(57)42-73(75)107-7/h10-13,16-23,25-26,30-31,40,42-44,48,51-53,60,66,71,84,89-90,104H,9,14-15,24,27-29,32-39,41,45-47,49-50H2,1-8H3,(H,87,99)(H,88,101)/t53-,60+,66-,71-,84-/m0/s1. The maximum Gasteiger partial charge on any atom is 0.416 e. The number of nitrogens with one attached hydrogen (secondary N) is 4. The number of benzene rings is 6. The Morgan fingerprint density at radius 1 is 0.676 bits per heavy atom. The predicted molar refractivity (Wildman–Crippen MR) is 416 cm³/mol. The Morgan fingerprint density at radius 3 is 2.05 bits per heavy atom. The van der Waals surface area contributed by atoms with Crippen LogP contribution in [0.3, 0.4) is 0 Å². The van der Waals surface area contributed by atoms with Crippen molar-refractivity contribution < 1.29 is 76.7 Å². The largest absolute Gasteiger partial charge is 0.497 e. The summed E-state index contributed by atoms with van der Waals surface area (Å²) in [5.74, 6) is -1.43. The number of aryl methyl sites for hydroxylation is 1. The van der Waals surface area contributed by atoms with Crippen LogP contribution in [-0.4, -0.2) is 151 Å². The van der Waals surface area contributed by atoms with Gasteiger partial charge < -0.3 is 64.3 Å². The molecule has 6 aromatic carbocycles. The van der Waals surface area contributed by atoms with E-state index in [4.69, 9.17) is 28.4 Å². The molecule has 0 aromatic heterocycles. The summed E-state index contributed by atoms with van der Waals surface area (Å²) in [6, 6.07) is 35.6. The number of ether oxygens (including phenoxy) is 6. The van der Waals surface area contributed by atoms with E-state index in [2.05, 4.69) is 40.5 Å². The molecule has 1 saturated carbocycles. The van der Waals surface area contributed by atoms with Gasteiger partial charge in [-0.25, -0.2) is 9.69 Å². The van der Waals surface area contributed by atoms with Crippen LogP contribution >= 0.6 is 0 Å². The number of hydrogen-bond acceptors (Lipinski definition) is 19. The van der Waals surface area contributed by atoms with E-state index in [9.17, 15) is 48.3 Å². The van der Waals surface area contributed by atoms with Crippen molar-refractivity contribution in [2.45, 2.75) is 174 Å². The van der Waals surface area contributed by atoms with Crippen LogP contribution in [0.15, 0.2) is 128 Å². The van der Waals surface area contributed by atoms with E-state index < -0.39 is 47.9 Å². The fourth-order valence-corrected chi connectivity index (χ4v) is 15.8. The minimum atomic E-state index is -1.46. The summed E-state index contributed by atoms with van der Waals surface area (Å²) < 4.78 is 35.5. The number of hydrazine groups is 2. The van der Waals surface area contributed by atoms with Gasteiger partial charge in [-0.2, -0.15) is 0 Å². The number of amides is 6. The maximum absolute atomic E-state index is 14.5. The number of ketones is 3. The van der Waals surface area contributed by atoms with Crippen molar-refractivity contribution in [3.63, 3.8) is 0 Å². The lowest BCUT2D eigenvalue weighted by atomic mass is 9.89. The van der Waals surface area contributed by atoms with Gasteiger partial charge in [0, 0.05) is 92.0 Å². The molecule has 5 atom stereocenters. The van der Waals surface area contributed by atoms with Gasteiger partial charge in [-0.1, -0.05) is 92.7 Å². The third kappa shape index (κ3) is 17.3. The van der Waals surface area contributed by atoms with Crippen LogP contribution in [0.25, 0.3) is 17.0 Å². The molecule has 1 aliphatic carbocycles. The molecule has 0 radical (unpaired) electrons. The number of methoxy groups -OCH3 is 3. The molecule has 6 amide bonds. The Morgan fingerprint density at radius 2 is 1.35 bits per heavy atom. The fourth-order valence-electron chi connectivity index (χ4n) is 15.8. The van der Waals surface area contributed by atoms with Crippen LogP contribution in [0.2, 0.25) is 0 Å². The first-order valence-electron chi connectivity index (χ1n) is 38.6. The van der Waals surface area contributed by atoms with E-state index in [0.717, 1.165) is 81.1 Å². The number of fused-ring (bicyclic) bond motifs is 8. The Bertz CT molecular complexity index is 4630. The number of aliphatic hydroxyl groups excluding tert-OH is 1. The second-order valence-corrected chi connectivity index (χ2v) is 30.6. The van der Waals surface area contributed by atoms with Crippen LogP contribution in [-0.2, 0) is 59.5 Å². The summed E-state index contributed by atoms with van der Waals surface area (Å²) in [6.45, 7) is 10.1. The normalized spacial score (nSPS) is 18.3. The van der Waals surface area contributed by atoms with Crippen molar-refractivity contribution in [2.75, 3.05) is 57.4 Å². The Kier molecular flexibility index (Phi) is 24.0. The van der Waals surface area contributed by atoms with E-state index in [1.807, 2.05) is 90.0 Å². The number of anilines is 2. The highest BCUT2D eigenvalue weighted by atomic mass is 16.6. The summed E-state index contributed by atoms with van der Waals surface area (Å²) in [5.41, 5.74) is 16.9. The molecule has 6 aromatic rings. The lowest BCUT2D eigenvalue weighted by Crippen LogP contribution is -2.50. The highest BCUT2D eigenvalue weighted by Gasteiger charge is 2.58. The summed E-state index contributed by atoms with van der Waals surface area (Å²) in [4.78, 5) is 130. The third-order valence-corrected chi connectivity index (χ3v) is 22.4. The van der Waals surface area contributed by atoms with E-state index in [-0.39, 0.29) is 140 Å². The minimum absolute atomic E-state index is 0.0373. The summed E-state index contributed by atoms with van der Waals surface area (Å²) in [6.07, 6.45) is 5.45. The second kappa shape index (κ2) is 34.1. The van der Waals surface area contributed by atoms with Crippen LogP contribution < -0.4 is 55.1 Å². The smallest absolute Gasteiger partial charge is 0.416 e. The molecule has 0 unspecified atom stereocenters. The zero-order valence-corrected chi connectivity index (χ0v) is 64.3. The molecule has 13 rings (SSSR count). The van der Waals surface area contributed by atoms with Gasteiger partial charge >= 0.3 is 6.09 Å². The number of para-hydroxylation sites is 1. The third-order valence-electron chi connectivity index (χ3n) is 22.4. The van der Waals surface area contributed by atoms with Gasteiger partial charge in [0.05, 0.1) is 88.0 Å². The monoisotopic (exact) mass is 1510 g/mol. The van der Waals surface area contributed by atoms with Crippen molar-refractivity contribution in [1.82, 2.24) is 36.4 Å². The molecule has 2 fully saturated rings. The van der Waals surface area contributed by atoms with Gasteiger partial charge in [0.1, 0.15) is 18.1 Å². The van der Waals surface area contributed by atoms with Gasteiger partial charge in [-0.15, -0.1) is 5.53 Å². The number of hydrogen-bond donors (Lipinski definition) is 5. The minimum Gasteiger partial charge on any atom is -0.497 e. The first kappa shape index (κ1) is 78.1. The van der Waals surface area contributed by atoms with Crippen molar-refractivity contribution in [3.05, 3.63) is 178 Å². The van der Waals surface area contributed by atoms with Gasteiger partial charge in [-0.05, 0) is 160 Å². The molecule has 111 heavy (non-hydrogen) atoms. The SMILES string of the molecule is COc1ccc(C2=CN3C(=O)c4cc(OC)c(OCCCCCOc5cc6c(cc5OC)C(=O)N5CC7(CC7)C[C@H]5[C@H](O)N6C(=O)OCc5ccc(CC(=O)[C@H](C)NC(=O)[C@@H](CC(=O)CNC(=O)CCC(=O)CCC(=O)N6Cc7ccccc7C7=C(NNN7C(C)C)c7ccccc76)C(C)C)cc5)cc4CC[C@@H]3C2)cc1. The van der Waals surface area contributed by atoms with Crippen LogP contribution in [0.1, 0.15) is 178 Å². The second-order valence-electron chi connectivity index (χ2n) is 30.6. The molecule has 6 aliphatic heterocycles. The molecule has 25 nitrogen and oxygen atoms in total. The summed E-state index contributed by atoms with van der Waals surface area (Å²) >= 11 is 0. The van der Waals surface area contributed by atoms with E-state index in [0.29, 0.717) is 79.1 Å². The first-order valence-corrected chi connectivity index (χ1v) is 38.6. The molecule has 1 spiro atoms. The van der Waals surface area contributed by atoms with Crippen molar-refractivity contribution >= 4 is 81.3 Å². The van der Waals surface area contributed by atoms with E-state index >= 15 is 0 Å². The number of aliphatic hydroxyl groups is 1. The van der Waals surface area contributed by atoms with Crippen LogP contribution in [0, 0.1) is 17.3 Å². The number of rotatable bonds is 31. The van der Waals surface area contributed by atoms with Gasteiger partial charge in [0.2, 0.25) is 17.7 Å². The Balaban J connectivity index is 0.555. The zero-order chi connectivity index (χ0) is 78.4. The Hall–Kier alpha value is -11.1. The average Bonchev–Trinajstić information content (AvgIpc) is 1.62.